The largest absolute Gasteiger partial charge is 0.316 e. The Morgan fingerprint density at radius 2 is 1.69 bits per heavy atom. The van der Waals surface area contributed by atoms with Crippen LogP contribution in [0.25, 0.3) is 0 Å². The Morgan fingerprint density at radius 1 is 1.15 bits per heavy atom. The fourth-order valence-corrected chi connectivity index (χ4v) is 0.989. The van der Waals surface area contributed by atoms with Gasteiger partial charge in [-0.3, -0.25) is 0 Å². The molecular formula is C12H27N. The Labute approximate surface area is 84.3 Å². The lowest BCUT2D eigenvalue weighted by Gasteiger charge is -2.30. The van der Waals surface area contributed by atoms with E-state index in [2.05, 4.69) is 46.9 Å². The summed E-state index contributed by atoms with van der Waals surface area (Å²) in [6, 6.07) is 0. The molecule has 0 amide bonds. The van der Waals surface area contributed by atoms with Crippen molar-refractivity contribution in [3.8, 4) is 0 Å². The lowest BCUT2D eigenvalue weighted by Crippen LogP contribution is -2.35. The second kappa shape index (κ2) is 5.64. The number of rotatable bonds is 6. The topological polar surface area (TPSA) is 12.0 Å². The third-order valence-corrected chi connectivity index (χ3v) is 3.33. The van der Waals surface area contributed by atoms with Crippen molar-refractivity contribution in [3.05, 3.63) is 0 Å². The summed E-state index contributed by atoms with van der Waals surface area (Å²) >= 11 is 0. The third-order valence-electron chi connectivity index (χ3n) is 3.33. The molecule has 0 aromatic rings. The predicted molar refractivity (Wildman–Crippen MR) is 60.9 cm³/mol. The molecule has 1 N–H and O–H groups in total. The van der Waals surface area contributed by atoms with Crippen molar-refractivity contribution in [2.24, 2.45) is 17.3 Å². The summed E-state index contributed by atoms with van der Waals surface area (Å²) in [6.07, 6.45) is 1.27. The molecule has 0 aromatic heterocycles. The van der Waals surface area contributed by atoms with Crippen LogP contribution in [0.5, 0.6) is 0 Å². The van der Waals surface area contributed by atoms with Gasteiger partial charge in [-0.2, -0.15) is 0 Å². The van der Waals surface area contributed by atoms with Gasteiger partial charge in [-0.15, -0.1) is 0 Å². The van der Waals surface area contributed by atoms with Gasteiger partial charge in [-0.05, 0) is 23.8 Å². The highest BCUT2D eigenvalue weighted by molar-refractivity contribution is 4.75. The van der Waals surface area contributed by atoms with Gasteiger partial charge in [0.05, 0.1) is 0 Å². The molecule has 0 heterocycles. The summed E-state index contributed by atoms with van der Waals surface area (Å²) in [7, 11) is 0. The van der Waals surface area contributed by atoms with Crippen LogP contribution in [-0.4, -0.2) is 13.1 Å². The van der Waals surface area contributed by atoms with E-state index in [1.54, 1.807) is 0 Å². The molecule has 80 valence electrons. The van der Waals surface area contributed by atoms with E-state index in [9.17, 15) is 0 Å². The molecule has 0 saturated heterocycles. The zero-order valence-corrected chi connectivity index (χ0v) is 10.3. The average Bonchev–Trinajstić information content (AvgIpc) is 2.03. The fourth-order valence-electron chi connectivity index (χ4n) is 0.989. The first-order chi connectivity index (χ1) is 5.90. The molecule has 0 spiro atoms. The minimum Gasteiger partial charge on any atom is -0.316 e. The van der Waals surface area contributed by atoms with Crippen molar-refractivity contribution >= 4 is 0 Å². The molecule has 0 bridgehead atoms. The molecule has 0 fully saturated rings. The van der Waals surface area contributed by atoms with Crippen LogP contribution in [0.3, 0.4) is 0 Å². The van der Waals surface area contributed by atoms with Gasteiger partial charge in [0.2, 0.25) is 0 Å². The first kappa shape index (κ1) is 13.0. The number of nitrogens with one attached hydrogen (secondary N) is 1. The quantitative estimate of drug-likeness (QED) is 0.669. The molecule has 0 saturated carbocycles. The molecule has 1 nitrogen and oxygen atoms in total. The van der Waals surface area contributed by atoms with Crippen LogP contribution in [-0.2, 0) is 0 Å². The Bertz CT molecular complexity index is 127. The Morgan fingerprint density at radius 3 is 2.08 bits per heavy atom. The summed E-state index contributed by atoms with van der Waals surface area (Å²) in [5.74, 6) is 1.56. The molecule has 0 aliphatic heterocycles. The Balaban J connectivity index is 3.63. The molecule has 0 rings (SSSR count). The maximum Gasteiger partial charge on any atom is 0.000508 e. The molecule has 0 aromatic carbocycles. The van der Waals surface area contributed by atoms with Crippen LogP contribution < -0.4 is 5.32 Å². The van der Waals surface area contributed by atoms with Gasteiger partial charge in [-0.1, -0.05) is 48.0 Å². The van der Waals surface area contributed by atoms with Gasteiger partial charge in [0.1, 0.15) is 0 Å². The smallest absolute Gasteiger partial charge is 0.000508 e. The normalized spacial score (nSPS) is 15.0. The summed E-state index contributed by atoms with van der Waals surface area (Å²) in [5.41, 5.74) is 0.424. The first-order valence-corrected chi connectivity index (χ1v) is 5.60. The maximum absolute atomic E-state index is 3.56. The zero-order chi connectivity index (χ0) is 10.5. The molecule has 13 heavy (non-hydrogen) atoms. The highest BCUT2D eigenvalue weighted by Gasteiger charge is 2.21. The molecule has 0 aliphatic rings. The van der Waals surface area contributed by atoms with Crippen LogP contribution in [0.15, 0.2) is 0 Å². The van der Waals surface area contributed by atoms with E-state index in [-0.39, 0.29) is 0 Å². The van der Waals surface area contributed by atoms with E-state index in [4.69, 9.17) is 0 Å². The van der Waals surface area contributed by atoms with E-state index in [0.29, 0.717) is 5.41 Å². The van der Waals surface area contributed by atoms with Crippen LogP contribution in [0.2, 0.25) is 0 Å². The highest BCUT2D eigenvalue weighted by atomic mass is 14.9. The van der Waals surface area contributed by atoms with Crippen molar-refractivity contribution in [1.82, 2.24) is 5.32 Å². The second-order valence-corrected chi connectivity index (χ2v) is 5.29. The van der Waals surface area contributed by atoms with Crippen molar-refractivity contribution in [3.63, 3.8) is 0 Å². The second-order valence-electron chi connectivity index (χ2n) is 5.29. The fraction of sp³-hybridized carbons (Fsp3) is 1.00. The van der Waals surface area contributed by atoms with E-state index in [1.165, 1.54) is 6.42 Å². The Hall–Kier alpha value is -0.0400. The van der Waals surface area contributed by atoms with E-state index >= 15 is 0 Å². The standard InChI is InChI=1S/C12H27N/c1-7-11(4)8-13-9-12(5,6)10(2)3/h10-11,13H,7-9H2,1-6H3. The summed E-state index contributed by atoms with van der Waals surface area (Å²) in [5, 5.41) is 3.56. The van der Waals surface area contributed by atoms with Gasteiger partial charge in [0.15, 0.2) is 0 Å². The first-order valence-electron chi connectivity index (χ1n) is 5.60. The Kier molecular flexibility index (Phi) is 5.62. The summed E-state index contributed by atoms with van der Waals surface area (Å²) in [4.78, 5) is 0. The molecule has 1 unspecified atom stereocenters. The summed E-state index contributed by atoms with van der Waals surface area (Å²) < 4.78 is 0. The van der Waals surface area contributed by atoms with Gasteiger partial charge >= 0.3 is 0 Å². The van der Waals surface area contributed by atoms with Crippen molar-refractivity contribution in [2.45, 2.75) is 48.0 Å². The van der Waals surface area contributed by atoms with Gasteiger partial charge < -0.3 is 5.32 Å². The monoisotopic (exact) mass is 185 g/mol. The van der Waals surface area contributed by atoms with Gasteiger partial charge in [0.25, 0.3) is 0 Å². The minimum atomic E-state index is 0.424. The third kappa shape index (κ3) is 5.30. The van der Waals surface area contributed by atoms with Crippen LogP contribution in [0.1, 0.15) is 48.0 Å². The van der Waals surface area contributed by atoms with E-state index in [1.807, 2.05) is 0 Å². The van der Waals surface area contributed by atoms with Gasteiger partial charge in [-0.25, -0.2) is 0 Å². The van der Waals surface area contributed by atoms with Crippen LogP contribution >= 0.6 is 0 Å². The van der Waals surface area contributed by atoms with E-state index in [0.717, 1.165) is 24.9 Å². The SMILES string of the molecule is CCC(C)CNCC(C)(C)C(C)C. The van der Waals surface area contributed by atoms with Crippen molar-refractivity contribution in [2.75, 3.05) is 13.1 Å². The van der Waals surface area contributed by atoms with Crippen molar-refractivity contribution < 1.29 is 0 Å². The minimum absolute atomic E-state index is 0.424. The number of hydrogen-bond acceptors (Lipinski definition) is 1. The molecule has 1 heteroatoms. The lowest BCUT2D eigenvalue weighted by atomic mass is 9.81. The van der Waals surface area contributed by atoms with Crippen molar-refractivity contribution in [1.29, 1.82) is 0 Å². The number of hydrogen-bond donors (Lipinski definition) is 1. The predicted octanol–water partition coefficient (Wildman–Crippen LogP) is 3.30. The summed E-state index contributed by atoms with van der Waals surface area (Å²) in [6.45, 7) is 16.1. The highest BCUT2D eigenvalue weighted by Crippen LogP contribution is 2.24. The molecule has 1 atom stereocenters. The zero-order valence-electron chi connectivity index (χ0n) is 10.3. The molecular weight excluding hydrogens is 158 g/mol. The average molecular weight is 185 g/mol. The lowest BCUT2D eigenvalue weighted by molar-refractivity contribution is 0.234. The molecule has 0 radical (unpaired) electrons. The molecule has 0 aliphatic carbocycles. The van der Waals surface area contributed by atoms with Crippen LogP contribution in [0.4, 0.5) is 0 Å². The van der Waals surface area contributed by atoms with Gasteiger partial charge in [0, 0.05) is 6.54 Å². The van der Waals surface area contributed by atoms with E-state index < -0.39 is 0 Å². The maximum atomic E-state index is 3.56. The van der Waals surface area contributed by atoms with Crippen LogP contribution in [0, 0.1) is 17.3 Å².